The molecule has 0 bridgehead atoms. The van der Waals surface area contributed by atoms with Crippen LogP contribution in [-0.2, 0) is 51.1 Å². The molecule has 0 unspecified atom stereocenters. The normalized spacial score (nSPS) is 20.5. The van der Waals surface area contributed by atoms with E-state index in [0.29, 0.717) is 6.29 Å². The summed E-state index contributed by atoms with van der Waals surface area (Å²) in [7, 11) is 0. The van der Waals surface area contributed by atoms with E-state index in [1.807, 2.05) is 0 Å². The van der Waals surface area contributed by atoms with Gasteiger partial charge in [0.1, 0.15) is 0 Å². The van der Waals surface area contributed by atoms with Gasteiger partial charge in [-0.1, -0.05) is 0 Å². The summed E-state index contributed by atoms with van der Waals surface area (Å²) in [5, 5.41) is -0.476. The second kappa shape index (κ2) is 4.11. The number of carbonyl (C=O) groups is 1. The molecule has 0 aromatic heterocycles. The molecular formula is C5H4O5STi2. The summed E-state index contributed by atoms with van der Waals surface area (Å²) in [6, 6.07) is 0. The van der Waals surface area contributed by atoms with Crippen LogP contribution in [0.2, 0.25) is 0 Å². The molecule has 0 spiro atoms. The van der Waals surface area contributed by atoms with Crippen LogP contribution in [0, 0.1) is 0 Å². The molecule has 0 radical (unpaired) electrons. The van der Waals surface area contributed by atoms with Crippen molar-refractivity contribution in [2.75, 3.05) is 0 Å². The van der Waals surface area contributed by atoms with Gasteiger partial charge in [-0.3, -0.25) is 0 Å². The molecule has 0 saturated heterocycles. The van der Waals surface area contributed by atoms with Gasteiger partial charge in [-0.05, 0) is 0 Å². The molecule has 0 aromatic rings. The quantitative estimate of drug-likeness (QED) is 0.561. The Morgan fingerprint density at radius 2 is 1.69 bits per heavy atom. The summed E-state index contributed by atoms with van der Waals surface area (Å²) in [6.45, 7) is 0. The third-order valence-corrected chi connectivity index (χ3v) is 17.8. The third kappa shape index (κ3) is 1.97. The maximum absolute atomic E-state index is 10.8. The van der Waals surface area contributed by atoms with E-state index in [1.54, 1.807) is 0 Å². The zero-order chi connectivity index (χ0) is 10.1. The molecule has 0 fully saturated rings. The van der Waals surface area contributed by atoms with Gasteiger partial charge in [0.25, 0.3) is 0 Å². The first-order valence-electron chi connectivity index (χ1n) is 3.13. The van der Waals surface area contributed by atoms with Gasteiger partial charge in [-0.2, -0.15) is 0 Å². The zero-order valence-corrected chi connectivity index (χ0v) is 10.2. The fraction of sp³-hybridized carbons (Fsp3) is 0. The number of hydrogen-bond donors (Lipinski definition) is 0. The Morgan fingerprint density at radius 1 is 1.15 bits per heavy atom. The molecular weight excluding hydrogens is 268 g/mol. The van der Waals surface area contributed by atoms with Gasteiger partial charge < -0.3 is 0 Å². The molecule has 68 valence electrons. The topological polar surface area (TPSA) is 85.3 Å². The Bertz CT molecular complexity index is 404. The monoisotopic (exact) mass is 272 g/mol. The average molecular weight is 272 g/mol. The Balaban J connectivity index is 3.36. The van der Waals surface area contributed by atoms with E-state index in [2.05, 4.69) is 0 Å². The number of carbonyl (C=O) groups excluding carboxylic acids is 1. The molecule has 5 nitrogen and oxygen atoms in total. The summed E-state index contributed by atoms with van der Waals surface area (Å²) in [6.07, 6.45) is 1.71. The van der Waals surface area contributed by atoms with Crippen LogP contribution in [0.5, 0.6) is 0 Å². The van der Waals surface area contributed by atoms with E-state index in [9.17, 15) is 18.1 Å². The summed E-state index contributed by atoms with van der Waals surface area (Å²) in [4.78, 5) is 10.3. The van der Waals surface area contributed by atoms with E-state index in [-0.39, 0.29) is 5.57 Å². The van der Waals surface area contributed by atoms with E-state index in [1.165, 1.54) is 6.08 Å². The molecule has 1 aliphatic heterocycles. The van der Waals surface area contributed by atoms with Gasteiger partial charge >= 0.3 is 85.1 Å². The van der Waals surface area contributed by atoms with Crippen LogP contribution in [-0.4, -0.2) is 6.29 Å². The van der Waals surface area contributed by atoms with Crippen LogP contribution < -0.4 is 0 Å². The summed E-state index contributed by atoms with van der Waals surface area (Å²) in [5.74, 6) is 0. The number of allylic oxidation sites excluding steroid dienone is 2. The van der Waals surface area contributed by atoms with Crippen molar-refractivity contribution in [2.45, 2.75) is 0 Å². The molecule has 0 amide bonds. The second-order valence-corrected chi connectivity index (χ2v) is 17.8. The predicted octanol–water partition coefficient (Wildman–Crippen LogP) is 0.849. The molecule has 1 heterocycles. The van der Waals surface area contributed by atoms with Gasteiger partial charge in [-0.25, -0.2) is 0 Å². The van der Waals surface area contributed by atoms with Crippen molar-refractivity contribution < 1.29 is 51.1 Å². The molecule has 0 N–H and O–H groups in total. The van der Waals surface area contributed by atoms with E-state index < -0.39 is 38.2 Å². The van der Waals surface area contributed by atoms with Gasteiger partial charge in [-0.15, -0.1) is 0 Å². The van der Waals surface area contributed by atoms with Crippen molar-refractivity contribution in [3.63, 3.8) is 0 Å². The standard InChI is InChI=1S/C5H4OS.4O.2Ti/c6-3-5-1-2-7-4-5;;;;;;/h1-4H;;;;;;. The summed E-state index contributed by atoms with van der Waals surface area (Å²) < 4.78 is 43.3. The fourth-order valence-electron chi connectivity index (χ4n) is 0.822. The minimum atomic E-state index is -4.03. The maximum atomic E-state index is 10.8. The van der Waals surface area contributed by atoms with E-state index in [0.717, 1.165) is 10.8 Å². The first kappa shape index (κ1) is 11.2. The minimum absolute atomic E-state index is 0.142. The second-order valence-electron chi connectivity index (χ2n) is 2.25. The number of rotatable bonds is 3. The summed E-state index contributed by atoms with van der Waals surface area (Å²) in [5.41, 5.74) is 0.142. The van der Waals surface area contributed by atoms with Crippen LogP contribution in [0.25, 0.3) is 0 Å². The molecule has 1 aliphatic rings. The van der Waals surface area contributed by atoms with Crippen molar-refractivity contribution in [3.05, 3.63) is 22.5 Å². The Hall–Kier alpha value is 0.129. The third-order valence-electron chi connectivity index (χ3n) is 1.48. The average Bonchev–Trinajstić information content (AvgIpc) is 2.48. The SMILES string of the molecule is O=CC1=C[S]([Ti](=[O])=[O])([Ti](=[O])=[O])C=C1. The van der Waals surface area contributed by atoms with E-state index in [4.69, 9.17) is 0 Å². The molecule has 0 atom stereocenters. The van der Waals surface area contributed by atoms with Crippen molar-refractivity contribution in [1.29, 1.82) is 0 Å². The molecule has 13 heavy (non-hydrogen) atoms. The first-order valence-corrected chi connectivity index (χ1v) is 11.3. The Kier molecular flexibility index (Phi) is 3.54. The van der Waals surface area contributed by atoms with Gasteiger partial charge in [0.05, 0.1) is 0 Å². The first-order chi connectivity index (χ1) is 6.03. The molecule has 0 aromatic carbocycles. The number of aldehydes is 1. The van der Waals surface area contributed by atoms with Crippen LogP contribution in [0.3, 0.4) is 0 Å². The van der Waals surface area contributed by atoms with Crippen LogP contribution in [0.1, 0.15) is 0 Å². The predicted molar refractivity (Wildman–Crippen MR) is 33.6 cm³/mol. The molecule has 8 heteroatoms. The van der Waals surface area contributed by atoms with Crippen molar-refractivity contribution in [1.82, 2.24) is 0 Å². The Morgan fingerprint density at radius 3 is 1.92 bits per heavy atom. The van der Waals surface area contributed by atoms with Crippen molar-refractivity contribution in [2.24, 2.45) is 0 Å². The van der Waals surface area contributed by atoms with Gasteiger partial charge in [0, 0.05) is 0 Å². The molecule has 0 saturated carbocycles. The van der Waals surface area contributed by atoms with Crippen molar-refractivity contribution >= 4 is 11.5 Å². The van der Waals surface area contributed by atoms with Crippen LogP contribution in [0.4, 0.5) is 0 Å². The Labute approximate surface area is 84.4 Å². The fourth-order valence-corrected chi connectivity index (χ4v) is 9.51. The zero-order valence-electron chi connectivity index (χ0n) is 6.26. The molecule has 0 aliphatic carbocycles. The van der Waals surface area contributed by atoms with E-state index >= 15 is 0 Å². The van der Waals surface area contributed by atoms with Gasteiger partial charge in [0.15, 0.2) is 0 Å². The summed E-state index contributed by atoms with van der Waals surface area (Å²) >= 11 is -8.05. The van der Waals surface area contributed by atoms with Crippen molar-refractivity contribution in [3.8, 4) is 0 Å². The molecule has 1 rings (SSSR count). The number of hydrogen-bond acceptors (Lipinski definition) is 5. The van der Waals surface area contributed by atoms with Gasteiger partial charge in [0.2, 0.25) is 0 Å². The van der Waals surface area contributed by atoms with Crippen LogP contribution in [0.15, 0.2) is 22.5 Å². The van der Waals surface area contributed by atoms with Crippen LogP contribution >= 0.6 is 5.20 Å².